The van der Waals surface area contributed by atoms with E-state index in [1.165, 1.54) is 0 Å². The molecule has 0 atom stereocenters. The highest BCUT2D eigenvalue weighted by Crippen LogP contribution is 2.09. The van der Waals surface area contributed by atoms with Gasteiger partial charge in [-0.25, -0.2) is 4.98 Å². The topological polar surface area (TPSA) is 68.2 Å². The van der Waals surface area contributed by atoms with E-state index in [0.717, 1.165) is 18.8 Å². The van der Waals surface area contributed by atoms with E-state index in [1.807, 2.05) is 35.0 Å². The first-order chi connectivity index (χ1) is 10.3. The van der Waals surface area contributed by atoms with E-state index < -0.39 is 0 Å². The molecule has 21 heavy (non-hydrogen) atoms. The minimum atomic E-state index is -0.0688. The second kappa shape index (κ2) is 8.18. The third kappa shape index (κ3) is 4.70. The minimum Gasteiger partial charge on any atom is -0.383 e. The van der Waals surface area contributed by atoms with Gasteiger partial charge in [0.1, 0.15) is 0 Å². The number of rotatable bonds is 8. The monoisotopic (exact) mass is 288 g/mol. The van der Waals surface area contributed by atoms with Crippen LogP contribution in [-0.2, 0) is 4.74 Å². The Morgan fingerprint density at radius 3 is 2.71 bits per heavy atom. The van der Waals surface area contributed by atoms with Crippen LogP contribution in [0.25, 0.3) is 5.69 Å². The highest BCUT2D eigenvalue weighted by Gasteiger charge is 2.04. The number of hydrogen-bond donors (Lipinski definition) is 2. The summed E-state index contributed by atoms with van der Waals surface area (Å²) in [4.78, 5) is 15.9. The second-order valence-corrected chi connectivity index (χ2v) is 4.52. The standard InChI is InChI=1S/C15H20N4O2/c1-21-11-9-16-6-7-18-15(20)13-2-4-14(5-3-13)19-10-8-17-12-19/h2-5,8,10,12,16H,6-7,9,11H2,1H3,(H,18,20). The predicted molar refractivity (Wildman–Crippen MR) is 80.6 cm³/mol. The van der Waals surface area contributed by atoms with Crippen molar-refractivity contribution in [1.29, 1.82) is 0 Å². The number of aromatic nitrogens is 2. The molecule has 112 valence electrons. The molecule has 2 N–H and O–H groups in total. The van der Waals surface area contributed by atoms with Gasteiger partial charge in [0.15, 0.2) is 0 Å². The Morgan fingerprint density at radius 1 is 1.24 bits per heavy atom. The van der Waals surface area contributed by atoms with Gasteiger partial charge in [0.25, 0.3) is 5.91 Å². The lowest BCUT2D eigenvalue weighted by Crippen LogP contribution is -2.33. The third-order valence-electron chi connectivity index (χ3n) is 3.00. The number of ether oxygens (including phenoxy) is 1. The van der Waals surface area contributed by atoms with Crippen molar-refractivity contribution in [3.8, 4) is 5.69 Å². The van der Waals surface area contributed by atoms with Gasteiger partial charge in [-0.3, -0.25) is 4.79 Å². The molecule has 1 aromatic carbocycles. The van der Waals surface area contributed by atoms with Crippen molar-refractivity contribution >= 4 is 5.91 Å². The highest BCUT2D eigenvalue weighted by molar-refractivity contribution is 5.94. The molecule has 0 radical (unpaired) electrons. The molecule has 2 aromatic rings. The predicted octanol–water partition coefficient (Wildman–Crippen LogP) is 0.838. The molecule has 1 amide bonds. The molecule has 0 saturated heterocycles. The number of benzene rings is 1. The van der Waals surface area contributed by atoms with Gasteiger partial charge < -0.3 is 19.9 Å². The van der Waals surface area contributed by atoms with Crippen LogP contribution in [0.15, 0.2) is 43.0 Å². The fourth-order valence-corrected chi connectivity index (χ4v) is 1.86. The maximum Gasteiger partial charge on any atom is 0.251 e. The zero-order chi connectivity index (χ0) is 14.9. The zero-order valence-electron chi connectivity index (χ0n) is 12.1. The Balaban J connectivity index is 1.78. The molecular formula is C15H20N4O2. The summed E-state index contributed by atoms with van der Waals surface area (Å²) in [5.74, 6) is -0.0688. The van der Waals surface area contributed by atoms with Crippen molar-refractivity contribution in [2.75, 3.05) is 33.4 Å². The molecule has 0 aliphatic heterocycles. The molecule has 0 saturated carbocycles. The number of methoxy groups -OCH3 is 1. The molecule has 0 spiro atoms. The molecule has 6 nitrogen and oxygen atoms in total. The molecule has 0 aliphatic rings. The molecule has 0 aliphatic carbocycles. The van der Waals surface area contributed by atoms with E-state index in [2.05, 4.69) is 15.6 Å². The molecular weight excluding hydrogens is 268 g/mol. The van der Waals surface area contributed by atoms with Crippen molar-refractivity contribution in [2.45, 2.75) is 0 Å². The summed E-state index contributed by atoms with van der Waals surface area (Å²) in [5.41, 5.74) is 1.63. The first-order valence-electron chi connectivity index (χ1n) is 6.87. The number of carbonyl (C=O) groups is 1. The van der Waals surface area contributed by atoms with Gasteiger partial charge >= 0.3 is 0 Å². The van der Waals surface area contributed by atoms with Gasteiger partial charge in [0.05, 0.1) is 12.9 Å². The Labute approximate surface area is 124 Å². The molecule has 1 aromatic heterocycles. The van der Waals surface area contributed by atoms with E-state index in [-0.39, 0.29) is 5.91 Å². The zero-order valence-corrected chi connectivity index (χ0v) is 12.1. The maximum atomic E-state index is 11.9. The van der Waals surface area contributed by atoms with Gasteiger partial charge in [0.2, 0.25) is 0 Å². The minimum absolute atomic E-state index is 0.0688. The van der Waals surface area contributed by atoms with Crippen LogP contribution < -0.4 is 10.6 Å². The average molecular weight is 288 g/mol. The molecule has 6 heteroatoms. The van der Waals surface area contributed by atoms with E-state index in [9.17, 15) is 4.79 Å². The van der Waals surface area contributed by atoms with Crippen LogP contribution in [-0.4, -0.2) is 48.8 Å². The van der Waals surface area contributed by atoms with Crippen LogP contribution in [0.1, 0.15) is 10.4 Å². The van der Waals surface area contributed by atoms with Gasteiger partial charge in [-0.05, 0) is 24.3 Å². The Kier molecular flexibility index (Phi) is 5.93. The first-order valence-corrected chi connectivity index (χ1v) is 6.87. The summed E-state index contributed by atoms with van der Waals surface area (Å²) in [6, 6.07) is 7.41. The molecule has 0 bridgehead atoms. The summed E-state index contributed by atoms with van der Waals surface area (Å²) >= 11 is 0. The van der Waals surface area contributed by atoms with Gasteiger partial charge in [-0.15, -0.1) is 0 Å². The molecule has 1 heterocycles. The second-order valence-electron chi connectivity index (χ2n) is 4.52. The summed E-state index contributed by atoms with van der Waals surface area (Å²) in [6.45, 7) is 2.77. The molecule has 2 rings (SSSR count). The largest absolute Gasteiger partial charge is 0.383 e. The Morgan fingerprint density at radius 2 is 2.05 bits per heavy atom. The normalized spacial score (nSPS) is 10.5. The fourth-order valence-electron chi connectivity index (χ4n) is 1.86. The number of carbonyl (C=O) groups excluding carboxylic acids is 1. The van der Waals surface area contributed by atoms with Crippen molar-refractivity contribution < 1.29 is 9.53 Å². The van der Waals surface area contributed by atoms with E-state index >= 15 is 0 Å². The fraction of sp³-hybridized carbons (Fsp3) is 0.333. The van der Waals surface area contributed by atoms with E-state index in [1.54, 1.807) is 19.6 Å². The van der Waals surface area contributed by atoms with Crippen molar-refractivity contribution in [3.63, 3.8) is 0 Å². The van der Waals surface area contributed by atoms with E-state index in [0.29, 0.717) is 18.7 Å². The molecule has 0 fully saturated rings. The van der Waals surface area contributed by atoms with Crippen LogP contribution in [0.3, 0.4) is 0 Å². The van der Waals surface area contributed by atoms with Gasteiger partial charge in [-0.1, -0.05) is 0 Å². The van der Waals surface area contributed by atoms with E-state index in [4.69, 9.17) is 4.74 Å². The smallest absolute Gasteiger partial charge is 0.251 e. The first kappa shape index (κ1) is 15.2. The lowest BCUT2D eigenvalue weighted by Gasteiger charge is -2.07. The van der Waals surface area contributed by atoms with Crippen LogP contribution in [0.4, 0.5) is 0 Å². The maximum absolute atomic E-state index is 11.9. The quantitative estimate of drug-likeness (QED) is 0.706. The lowest BCUT2D eigenvalue weighted by atomic mass is 10.2. The van der Waals surface area contributed by atoms with Crippen LogP contribution in [0.5, 0.6) is 0 Å². The van der Waals surface area contributed by atoms with Crippen LogP contribution >= 0.6 is 0 Å². The highest BCUT2D eigenvalue weighted by atomic mass is 16.5. The van der Waals surface area contributed by atoms with Crippen molar-refractivity contribution in [2.24, 2.45) is 0 Å². The number of imidazole rings is 1. The number of hydrogen-bond acceptors (Lipinski definition) is 4. The number of nitrogens with one attached hydrogen (secondary N) is 2. The SMILES string of the molecule is COCCNCCNC(=O)c1ccc(-n2ccnc2)cc1. The van der Waals surface area contributed by atoms with Crippen LogP contribution in [0, 0.1) is 0 Å². The Bertz CT molecular complexity index is 537. The third-order valence-corrected chi connectivity index (χ3v) is 3.00. The number of amides is 1. The summed E-state index contributed by atoms with van der Waals surface area (Å²) < 4.78 is 6.81. The summed E-state index contributed by atoms with van der Waals surface area (Å²) in [5, 5.41) is 6.04. The average Bonchev–Trinajstić information content (AvgIpc) is 3.05. The molecule has 0 unspecified atom stereocenters. The van der Waals surface area contributed by atoms with Crippen LogP contribution in [0.2, 0.25) is 0 Å². The Hall–Kier alpha value is -2.18. The van der Waals surface area contributed by atoms with Gasteiger partial charge in [-0.2, -0.15) is 0 Å². The van der Waals surface area contributed by atoms with Crippen molar-refractivity contribution in [1.82, 2.24) is 20.2 Å². The summed E-state index contributed by atoms with van der Waals surface area (Å²) in [6.07, 6.45) is 5.30. The van der Waals surface area contributed by atoms with Gasteiger partial charge in [0, 0.05) is 50.4 Å². The summed E-state index contributed by atoms with van der Waals surface area (Å²) in [7, 11) is 1.66. The van der Waals surface area contributed by atoms with Crippen molar-refractivity contribution in [3.05, 3.63) is 48.5 Å². The lowest BCUT2D eigenvalue weighted by molar-refractivity contribution is 0.0953. The number of nitrogens with zero attached hydrogens (tertiary/aromatic N) is 2.